The molecule has 0 fully saturated rings. The van der Waals surface area contributed by atoms with Gasteiger partial charge in [0.25, 0.3) is 0 Å². The van der Waals surface area contributed by atoms with Crippen molar-refractivity contribution < 1.29 is 0 Å². The molecule has 0 N–H and O–H groups in total. The number of thiophene rings is 1. The van der Waals surface area contributed by atoms with Crippen LogP contribution in [-0.2, 0) is 0 Å². The van der Waals surface area contributed by atoms with Crippen LogP contribution in [0.4, 0.5) is 0 Å². The number of nitrogens with zero attached hydrogens (tertiary/aromatic N) is 3. The third-order valence-corrected chi connectivity index (χ3v) is 13.3. The predicted molar refractivity (Wildman–Crippen MR) is 263 cm³/mol. The third-order valence-electron chi connectivity index (χ3n) is 11.8. The van der Waals surface area contributed by atoms with Gasteiger partial charge in [0.1, 0.15) is 54.9 Å². The Kier molecular flexibility index (Phi) is 9.22. The van der Waals surface area contributed by atoms with E-state index in [0.717, 1.165) is 38.9 Å². The molecule has 11 heteroatoms. The van der Waals surface area contributed by atoms with Crippen LogP contribution in [0.1, 0.15) is 0 Å². The first-order valence-electron chi connectivity index (χ1n) is 19.3. The molecule has 0 atom stereocenters. The van der Waals surface area contributed by atoms with E-state index < -0.39 is 0 Å². The summed E-state index contributed by atoms with van der Waals surface area (Å²) < 4.78 is 2.78. The Morgan fingerprint density at radius 3 is 1.25 bits per heavy atom. The maximum atomic E-state index is 5.23. The Labute approximate surface area is 338 Å². The molecule has 0 saturated carbocycles. The second-order valence-corrected chi connectivity index (χ2v) is 16.1. The SMILES string of the molecule is Bc1c(B)c(B)c2c(sc3c(B)c(-c4cc(-c5ccccc5)cc(-c5nc(-c6ccccc6)nc(-c6ccc(-c7ccccc7)cc6)n5)c4)c(B)c(B)c32)c1B. The molecule has 56 heavy (non-hydrogen) atoms. The van der Waals surface area contributed by atoms with E-state index in [2.05, 4.69) is 164 Å². The Morgan fingerprint density at radius 2 is 0.679 bits per heavy atom. The first-order chi connectivity index (χ1) is 27.2. The lowest BCUT2D eigenvalue weighted by atomic mass is 9.64. The molecule has 0 saturated heterocycles. The topological polar surface area (TPSA) is 38.7 Å². The lowest BCUT2D eigenvalue weighted by molar-refractivity contribution is 1.07. The Hall–Kier alpha value is -5.78. The molecule has 0 bridgehead atoms. The van der Waals surface area contributed by atoms with Crippen LogP contribution in [0.2, 0.25) is 0 Å². The van der Waals surface area contributed by atoms with Crippen molar-refractivity contribution in [2.75, 3.05) is 0 Å². The summed E-state index contributed by atoms with van der Waals surface area (Å²) in [5.74, 6) is 1.94. The van der Waals surface area contributed by atoms with E-state index in [1.54, 1.807) is 0 Å². The van der Waals surface area contributed by atoms with Gasteiger partial charge < -0.3 is 0 Å². The van der Waals surface area contributed by atoms with Gasteiger partial charge in [0, 0.05) is 26.1 Å². The molecule has 9 aromatic rings. The van der Waals surface area contributed by atoms with E-state index in [4.69, 9.17) is 15.0 Å². The van der Waals surface area contributed by atoms with Crippen LogP contribution in [0, 0.1) is 0 Å². The standard InChI is InChI=1S/C45H36B7N3S/c46-34-31(37(49)41-32(35(34)47)33-36(48)38(50)39(51)40(52)42(33)56-41)29-20-28(24-12-6-2-7-13-24)21-30(22-29)45-54-43(26-14-8-3-9-15-26)53-44(55-45)27-18-16-25(17-19-27)23-10-4-1-5-11-23/h1-22H,46-52H2. The molecular formula is C45H36B7N3S. The molecule has 0 spiro atoms. The van der Waals surface area contributed by atoms with Crippen LogP contribution in [0.25, 0.3) is 87.7 Å². The molecule has 9 rings (SSSR count). The number of rotatable bonds is 6. The highest BCUT2D eigenvalue weighted by Gasteiger charge is 2.22. The normalized spacial score (nSPS) is 11.4. The largest absolute Gasteiger partial charge is 0.208 e. The third kappa shape index (κ3) is 6.15. The molecule has 0 unspecified atom stereocenters. The zero-order valence-corrected chi connectivity index (χ0v) is 33.8. The maximum absolute atomic E-state index is 5.23. The molecule has 258 valence electrons. The van der Waals surface area contributed by atoms with E-state index in [0.29, 0.717) is 17.5 Å². The van der Waals surface area contributed by atoms with E-state index in [9.17, 15) is 0 Å². The monoisotopic (exact) mass is 727 g/mol. The molecule has 0 amide bonds. The molecule has 0 radical (unpaired) electrons. The van der Waals surface area contributed by atoms with E-state index in [-0.39, 0.29) is 0 Å². The summed E-state index contributed by atoms with van der Waals surface area (Å²) >= 11 is 1.95. The quantitative estimate of drug-likeness (QED) is 0.228. The lowest BCUT2D eigenvalue weighted by Crippen LogP contribution is -2.47. The zero-order chi connectivity index (χ0) is 38.7. The second-order valence-electron chi connectivity index (χ2n) is 15.0. The van der Waals surface area contributed by atoms with Crippen LogP contribution in [0.5, 0.6) is 0 Å². The maximum Gasteiger partial charge on any atom is 0.164 e. The lowest BCUT2D eigenvalue weighted by Gasteiger charge is -2.19. The molecule has 0 aliphatic heterocycles. The summed E-state index contributed by atoms with van der Waals surface area (Å²) in [6.07, 6.45) is 0. The Balaban J connectivity index is 1.28. The van der Waals surface area contributed by atoms with Gasteiger partial charge in [-0.05, 0) is 62.4 Å². The summed E-state index contributed by atoms with van der Waals surface area (Å²) in [5.41, 5.74) is 19.4. The number of benzene rings is 7. The van der Waals surface area contributed by atoms with Crippen molar-refractivity contribution in [2.24, 2.45) is 0 Å². The van der Waals surface area contributed by atoms with Gasteiger partial charge in [0.2, 0.25) is 0 Å². The van der Waals surface area contributed by atoms with Crippen molar-refractivity contribution >= 4 is 125 Å². The van der Waals surface area contributed by atoms with Gasteiger partial charge >= 0.3 is 0 Å². The Morgan fingerprint density at radius 1 is 0.304 bits per heavy atom. The number of aromatic nitrogens is 3. The molecule has 0 aliphatic rings. The highest BCUT2D eigenvalue weighted by molar-refractivity contribution is 7.28. The molecule has 7 aromatic carbocycles. The van der Waals surface area contributed by atoms with Gasteiger partial charge in [-0.25, -0.2) is 15.0 Å². The second kappa shape index (κ2) is 14.4. The van der Waals surface area contributed by atoms with Gasteiger partial charge in [-0.3, -0.25) is 0 Å². The van der Waals surface area contributed by atoms with Crippen LogP contribution >= 0.6 is 11.3 Å². The van der Waals surface area contributed by atoms with Crippen LogP contribution in [-0.4, -0.2) is 69.9 Å². The minimum Gasteiger partial charge on any atom is -0.208 e. The predicted octanol–water partition coefficient (Wildman–Crippen LogP) is 0.0503. The summed E-state index contributed by atoms with van der Waals surface area (Å²) in [7, 11) is 16.1. The Bertz CT molecular complexity index is 2970. The minimum absolute atomic E-state index is 0.645. The minimum atomic E-state index is 0.645. The van der Waals surface area contributed by atoms with Crippen molar-refractivity contribution in [2.45, 2.75) is 0 Å². The van der Waals surface area contributed by atoms with Crippen molar-refractivity contribution in [1.82, 2.24) is 15.0 Å². The van der Waals surface area contributed by atoms with E-state index >= 15 is 0 Å². The number of fused-ring (bicyclic) bond motifs is 3. The average Bonchev–Trinajstić information content (AvgIpc) is 3.67. The van der Waals surface area contributed by atoms with Gasteiger partial charge in [0.15, 0.2) is 17.5 Å². The van der Waals surface area contributed by atoms with Crippen molar-refractivity contribution in [1.29, 1.82) is 0 Å². The average molecular weight is 727 g/mol. The molecular weight excluding hydrogens is 690 g/mol. The first-order valence-corrected chi connectivity index (χ1v) is 20.1. The number of hydrogen-bond acceptors (Lipinski definition) is 4. The highest BCUT2D eigenvalue weighted by Crippen LogP contribution is 2.35. The van der Waals surface area contributed by atoms with Gasteiger partial charge in [-0.2, -0.15) is 0 Å². The van der Waals surface area contributed by atoms with Crippen LogP contribution < -0.4 is 38.2 Å². The summed E-state index contributed by atoms with van der Waals surface area (Å²) in [6, 6.07) is 46.7. The summed E-state index contributed by atoms with van der Waals surface area (Å²) in [5, 5.41) is 2.82. The molecule has 2 heterocycles. The summed E-state index contributed by atoms with van der Waals surface area (Å²) in [6.45, 7) is 0. The van der Waals surface area contributed by atoms with Crippen molar-refractivity contribution in [3.63, 3.8) is 0 Å². The number of hydrogen-bond donors (Lipinski definition) is 0. The smallest absolute Gasteiger partial charge is 0.164 e. The fourth-order valence-electron chi connectivity index (χ4n) is 8.29. The molecule has 3 nitrogen and oxygen atoms in total. The zero-order valence-electron chi connectivity index (χ0n) is 33.0. The molecule has 2 aromatic heterocycles. The van der Waals surface area contributed by atoms with Crippen LogP contribution in [0.15, 0.2) is 133 Å². The van der Waals surface area contributed by atoms with E-state index in [1.807, 2.05) is 35.6 Å². The first kappa shape index (κ1) is 35.9. The van der Waals surface area contributed by atoms with Gasteiger partial charge in [-0.15, -0.1) is 22.3 Å². The summed E-state index contributed by atoms with van der Waals surface area (Å²) in [4.78, 5) is 15.5. The van der Waals surface area contributed by atoms with Gasteiger partial charge in [-0.1, -0.05) is 143 Å². The fourth-order valence-corrected chi connectivity index (χ4v) is 9.77. The van der Waals surface area contributed by atoms with E-state index in [1.165, 1.54) is 69.5 Å². The van der Waals surface area contributed by atoms with Gasteiger partial charge in [0.05, 0.1) is 0 Å². The van der Waals surface area contributed by atoms with Crippen molar-refractivity contribution in [3.8, 4) is 67.5 Å². The highest BCUT2D eigenvalue weighted by atomic mass is 32.1. The van der Waals surface area contributed by atoms with Crippen molar-refractivity contribution in [3.05, 3.63) is 133 Å². The molecule has 0 aliphatic carbocycles. The fraction of sp³-hybridized carbons (Fsp3) is 0. The van der Waals surface area contributed by atoms with Crippen LogP contribution in [0.3, 0.4) is 0 Å².